The summed E-state index contributed by atoms with van der Waals surface area (Å²) < 4.78 is 0. The second-order valence-corrected chi connectivity index (χ2v) is 3.70. The molecule has 0 saturated heterocycles. The first-order chi connectivity index (χ1) is 7.18. The van der Waals surface area contributed by atoms with Gasteiger partial charge in [-0.05, 0) is 25.3 Å². The second kappa shape index (κ2) is 6.19. The molecule has 82 valence electrons. The predicted molar refractivity (Wildman–Crippen MR) is 59.9 cm³/mol. The third kappa shape index (κ3) is 5.18. The lowest BCUT2D eigenvalue weighted by molar-refractivity contribution is -0.136. The number of carboxylic acid groups (broad SMARTS) is 1. The van der Waals surface area contributed by atoms with Crippen LogP contribution in [0, 0.1) is 0 Å². The number of carbonyl (C=O) groups is 1. The molecule has 0 aliphatic heterocycles. The van der Waals surface area contributed by atoms with Gasteiger partial charge in [-0.3, -0.25) is 4.79 Å². The number of rotatable bonds is 6. The van der Waals surface area contributed by atoms with Crippen molar-refractivity contribution in [2.24, 2.45) is 0 Å². The molecule has 1 unspecified atom stereocenters. The van der Waals surface area contributed by atoms with E-state index in [2.05, 4.69) is 17.4 Å². The van der Waals surface area contributed by atoms with Gasteiger partial charge < -0.3 is 10.4 Å². The van der Waals surface area contributed by atoms with Crippen molar-refractivity contribution in [1.29, 1.82) is 0 Å². The van der Waals surface area contributed by atoms with Crippen molar-refractivity contribution in [3.63, 3.8) is 0 Å². The first-order valence-corrected chi connectivity index (χ1v) is 5.17. The molecular weight excluding hydrogens is 190 g/mol. The van der Waals surface area contributed by atoms with Gasteiger partial charge in [0.05, 0.1) is 6.54 Å². The van der Waals surface area contributed by atoms with Gasteiger partial charge in [-0.1, -0.05) is 30.3 Å². The lowest BCUT2D eigenvalue weighted by Crippen LogP contribution is -2.31. The fourth-order valence-electron chi connectivity index (χ4n) is 1.39. The Bertz CT molecular complexity index is 298. The minimum atomic E-state index is -0.804. The number of carboxylic acids is 1. The van der Waals surface area contributed by atoms with Crippen LogP contribution in [-0.4, -0.2) is 23.7 Å². The predicted octanol–water partition coefficient (Wildman–Crippen LogP) is 1.68. The van der Waals surface area contributed by atoms with Crippen molar-refractivity contribution in [1.82, 2.24) is 5.32 Å². The minimum absolute atomic E-state index is 0.0377. The maximum absolute atomic E-state index is 10.3. The van der Waals surface area contributed by atoms with Crippen molar-refractivity contribution in [2.75, 3.05) is 6.54 Å². The third-order valence-corrected chi connectivity index (χ3v) is 2.31. The summed E-state index contributed by atoms with van der Waals surface area (Å²) in [5.41, 5.74) is 1.29. The van der Waals surface area contributed by atoms with Gasteiger partial charge in [0.1, 0.15) is 0 Å². The fourth-order valence-corrected chi connectivity index (χ4v) is 1.39. The number of hydrogen-bond donors (Lipinski definition) is 2. The first kappa shape index (κ1) is 11.7. The Morgan fingerprint density at radius 3 is 2.67 bits per heavy atom. The van der Waals surface area contributed by atoms with Gasteiger partial charge in [-0.15, -0.1) is 0 Å². The van der Waals surface area contributed by atoms with Crippen LogP contribution in [0.15, 0.2) is 30.3 Å². The minimum Gasteiger partial charge on any atom is -0.480 e. The first-order valence-electron chi connectivity index (χ1n) is 5.17. The smallest absolute Gasteiger partial charge is 0.317 e. The van der Waals surface area contributed by atoms with E-state index in [0.717, 1.165) is 12.8 Å². The average Bonchev–Trinajstić information content (AvgIpc) is 2.25. The molecule has 0 aliphatic rings. The molecule has 0 radical (unpaired) electrons. The van der Waals surface area contributed by atoms with Gasteiger partial charge in [-0.2, -0.15) is 0 Å². The second-order valence-electron chi connectivity index (χ2n) is 3.70. The number of nitrogens with one attached hydrogen (secondary N) is 1. The Morgan fingerprint density at radius 2 is 2.07 bits per heavy atom. The molecule has 3 nitrogen and oxygen atoms in total. The average molecular weight is 207 g/mol. The SMILES string of the molecule is CC(CCc1ccccc1)NCC(=O)O. The number of benzene rings is 1. The van der Waals surface area contributed by atoms with E-state index in [4.69, 9.17) is 5.11 Å². The van der Waals surface area contributed by atoms with Crippen molar-refractivity contribution < 1.29 is 9.90 Å². The Kier molecular flexibility index (Phi) is 4.84. The molecule has 1 aromatic carbocycles. The van der Waals surface area contributed by atoms with Gasteiger partial charge >= 0.3 is 5.97 Å². The van der Waals surface area contributed by atoms with E-state index >= 15 is 0 Å². The summed E-state index contributed by atoms with van der Waals surface area (Å²) in [6, 6.07) is 10.4. The zero-order valence-corrected chi connectivity index (χ0v) is 8.94. The van der Waals surface area contributed by atoms with Gasteiger partial charge in [-0.25, -0.2) is 0 Å². The van der Waals surface area contributed by atoms with Crippen LogP contribution in [0.4, 0.5) is 0 Å². The number of aliphatic carboxylic acids is 1. The molecule has 2 N–H and O–H groups in total. The van der Waals surface area contributed by atoms with E-state index in [1.54, 1.807) is 0 Å². The largest absolute Gasteiger partial charge is 0.480 e. The van der Waals surface area contributed by atoms with Crippen LogP contribution in [0.1, 0.15) is 18.9 Å². The van der Waals surface area contributed by atoms with Crippen LogP contribution in [0.3, 0.4) is 0 Å². The molecule has 3 heteroatoms. The maximum Gasteiger partial charge on any atom is 0.317 e. The summed E-state index contributed by atoms with van der Waals surface area (Å²) in [6.07, 6.45) is 1.94. The highest BCUT2D eigenvalue weighted by molar-refractivity contribution is 5.69. The van der Waals surface area contributed by atoms with E-state index in [-0.39, 0.29) is 12.6 Å². The molecule has 1 aromatic rings. The fraction of sp³-hybridized carbons (Fsp3) is 0.417. The van der Waals surface area contributed by atoms with E-state index in [1.807, 2.05) is 25.1 Å². The molecule has 0 fully saturated rings. The molecular formula is C12H17NO2. The topological polar surface area (TPSA) is 49.3 Å². The van der Waals surface area contributed by atoms with Crippen LogP contribution in [0.2, 0.25) is 0 Å². The normalized spacial score (nSPS) is 12.3. The van der Waals surface area contributed by atoms with Gasteiger partial charge in [0.15, 0.2) is 0 Å². The molecule has 0 bridgehead atoms. The molecule has 0 spiro atoms. The zero-order chi connectivity index (χ0) is 11.1. The van der Waals surface area contributed by atoms with E-state index in [0.29, 0.717) is 0 Å². The van der Waals surface area contributed by atoms with E-state index < -0.39 is 5.97 Å². The Hall–Kier alpha value is -1.35. The summed E-state index contributed by atoms with van der Waals surface area (Å²) in [4.78, 5) is 10.3. The molecule has 0 saturated carbocycles. The van der Waals surface area contributed by atoms with Crippen LogP contribution in [0.5, 0.6) is 0 Å². The van der Waals surface area contributed by atoms with Crippen molar-refractivity contribution in [2.45, 2.75) is 25.8 Å². The highest BCUT2D eigenvalue weighted by Gasteiger charge is 2.03. The summed E-state index contributed by atoms with van der Waals surface area (Å²) >= 11 is 0. The molecule has 1 rings (SSSR count). The van der Waals surface area contributed by atoms with Gasteiger partial charge in [0, 0.05) is 6.04 Å². The lowest BCUT2D eigenvalue weighted by atomic mass is 10.1. The van der Waals surface area contributed by atoms with Gasteiger partial charge in [0.2, 0.25) is 0 Å². The van der Waals surface area contributed by atoms with Crippen LogP contribution in [0.25, 0.3) is 0 Å². The van der Waals surface area contributed by atoms with E-state index in [1.165, 1.54) is 5.56 Å². The van der Waals surface area contributed by atoms with E-state index in [9.17, 15) is 4.79 Å². The standard InChI is InChI=1S/C12H17NO2/c1-10(13-9-12(14)15)7-8-11-5-3-2-4-6-11/h2-6,10,13H,7-9H2,1H3,(H,14,15). The molecule has 0 amide bonds. The molecule has 0 heterocycles. The summed E-state index contributed by atoms with van der Waals surface area (Å²) in [6.45, 7) is 2.04. The van der Waals surface area contributed by atoms with Crippen LogP contribution < -0.4 is 5.32 Å². The zero-order valence-electron chi connectivity index (χ0n) is 8.94. The molecule has 0 aliphatic carbocycles. The Labute approximate surface area is 90.1 Å². The van der Waals surface area contributed by atoms with Gasteiger partial charge in [0.25, 0.3) is 0 Å². The molecule has 15 heavy (non-hydrogen) atoms. The Balaban J connectivity index is 2.22. The number of hydrogen-bond acceptors (Lipinski definition) is 2. The lowest BCUT2D eigenvalue weighted by Gasteiger charge is -2.11. The quantitative estimate of drug-likeness (QED) is 0.746. The van der Waals surface area contributed by atoms with Crippen molar-refractivity contribution in [3.05, 3.63) is 35.9 Å². The highest BCUT2D eigenvalue weighted by atomic mass is 16.4. The third-order valence-electron chi connectivity index (χ3n) is 2.31. The van der Waals surface area contributed by atoms with Crippen LogP contribution >= 0.6 is 0 Å². The summed E-state index contributed by atoms with van der Waals surface area (Å²) in [5, 5.41) is 11.4. The maximum atomic E-state index is 10.3. The van der Waals surface area contributed by atoms with Crippen LogP contribution in [-0.2, 0) is 11.2 Å². The summed E-state index contributed by atoms with van der Waals surface area (Å²) in [5.74, 6) is -0.804. The number of aryl methyl sites for hydroxylation is 1. The summed E-state index contributed by atoms with van der Waals surface area (Å²) in [7, 11) is 0. The monoisotopic (exact) mass is 207 g/mol. The van der Waals surface area contributed by atoms with Crippen molar-refractivity contribution in [3.8, 4) is 0 Å². The highest BCUT2D eigenvalue weighted by Crippen LogP contribution is 2.04. The van der Waals surface area contributed by atoms with Crippen molar-refractivity contribution >= 4 is 5.97 Å². The molecule has 0 aromatic heterocycles. The molecule has 1 atom stereocenters. The Morgan fingerprint density at radius 1 is 1.40 bits per heavy atom.